The van der Waals surface area contributed by atoms with E-state index in [-0.39, 0.29) is 0 Å². The Balaban J connectivity index is 1.82. The van der Waals surface area contributed by atoms with Crippen molar-refractivity contribution in [2.24, 2.45) is 0 Å². The van der Waals surface area contributed by atoms with Crippen molar-refractivity contribution in [3.63, 3.8) is 0 Å². The van der Waals surface area contributed by atoms with Gasteiger partial charge in [-0.2, -0.15) is 0 Å². The lowest BCUT2D eigenvalue weighted by atomic mass is 9.87. The van der Waals surface area contributed by atoms with Crippen molar-refractivity contribution in [3.05, 3.63) is 58.7 Å². The van der Waals surface area contributed by atoms with Crippen LogP contribution in [0.5, 0.6) is 11.5 Å². The molecule has 1 aliphatic carbocycles. The summed E-state index contributed by atoms with van der Waals surface area (Å²) in [5, 5.41) is 11.2. The molecule has 4 rings (SSSR count). The number of aliphatic hydroxyl groups is 1. The number of ether oxygens (including phenoxy) is 2. The SMILES string of the molecule is Cc1ccc2c(c1)C(O)(c1ccc3c(c1)OCCO3)CC2. The topological polar surface area (TPSA) is 38.7 Å². The second-order valence-electron chi connectivity index (χ2n) is 5.88. The second kappa shape index (κ2) is 4.50. The summed E-state index contributed by atoms with van der Waals surface area (Å²) >= 11 is 0. The lowest BCUT2D eigenvalue weighted by molar-refractivity contribution is 0.0819. The van der Waals surface area contributed by atoms with Gasteiger partial charge < -0.3 is 14.6 Å². The molecule has 0 amide bonds. The number of fused-ring (bicyclic) bond motifs is 2. The minimum Gasteiger partial charge on any atom is -0.486 e. The Kier molecular flexibility index (Phi) is 2.73. The summed E-state index contributed by atoms with van der Waals surface area (Å²) in [6, 6.07) is 12.1. The maximum atomic E-state index is 11.2. The van der Waals surface area contributed by atoms with Crippen LogP contribution >= 0.6 is 0 Å². The third kappa shape index (κ3) is 1.92. The Bertz CT molecular complexity index is 708. The third-order valence-electron chi connectivity index (χ3n) is 4.49. The summed E-state index contributed by atoms with van der Waals surface area (Å²) in [7, 11) is 0. The van der Waals surface area contributed by atoms with Crippen LogP contribution in [-0.2, 0) is 12.0 Å². The molecule has 2 aromatic rings. The normalized spacial score (nSPS) is 23.0. The molecule has 2 aromatic carbocycles. The van der Waals surface area contributed by atoms with Crippen molar-refractivity contribution in [1.82, 2.24) is 0 Å². The van der Waals surface area contributed by atoms with E-state index in [4.69, 9.17) is 9.47 Å². The van der Waals surface area contributed by atoms with Crippen molar-refractivity contribution in [2.75, 3.05) is 13.2 Å². The molecule has 1 aliphatic heterocycles. The van der Waals surface area contributed by atoms with Gasteiger partial charge in [-0.1, -0.05) is 29.8 Å². The Hall–Kier alpha value is -2.00. The minimum atomic E-state index is -0.919. The first kappa shape index (κ1) is 12.7. The maximum Gasteiger partial charge on any atom is 0.161 e. The minimum absolute atomic E-state index is 0.560. The molecule has 0 saturated carbocycles. The lowest BCUT2D eigenvalue weighted by Crippen LogP contribution is -2.24. The van der Waals surface area contributed by atoms with E-state index in [1.165, 1.54) is 11.1 Å². The average molecular weight is 282 g/mol. The largest absolute Gasteiger partial charge is 0.486 e. The van der Waals surface area contributed by atoms with Crippen LogP contribution in [0.1, 0.15) is 28.7 Å². The smallest absolute Gasteiger partial charge is 0.161 e. The number of hydrogen-bond acceptors (Lipinski definition) is 3. The van der Waals surface area contributed by atoms with E-state index in [0.717, 1.165) is 29.0 Å². The van der Waals surface area contributed by atoms with Crippen LogP contribution in [0.3, 0.4) is 0 Å². The van der Waals surface area contributed by atoms with Gasteiger partial charge in [-0.15, -0.1) is 0 Å². The fourth-order valence-corrected chi connectivity index (χ4v) is 3.34. The van der Waals surface area contributed by atoms with Crippen molar-refractivity contribution in [2.45, 2.75) is 25.4 Å². The predicted molar refractivity (Wildman–Crippen MR) is 79.9 cm³/mol. The van der Waals surface area contributed by atoms with Crippen LogP contribution in [0.25, 0.3) is 0 Å². The van der Waals surface area contributed by atoms with Gasteiger partial charge in [0.1, 0.15) is 18.8 Å². The molecule has 0 aromatic heterocycles. The molecule has 0 radical (unpaired) electrons. The molecule has 2 aliphatic rings. The predicted octanol–water partition coefficient (Wildman–Crippen LogP) is 2.95. The highest BCUT2D eigenvalue weighted by Gasteiger charge is 2.39. The average Bonchev–Trinajstić information content (AvgIpc) is 2.85. The van der Waals surface area contributed by atoms with E-state index in [1.54, 1.807) is 0 Å². The van der Waals surface area contributed by atoms with Crippen LogP contribution < -0.4 is 9.47 Å². The molecule has 108 valence electrons. The van der Waals surface area contributed by atoms with Gasteiger partial charge in [-0.3, -0.25) is 0 Å². The molecule has 0 fully saturated rings. The number of aryl methyl sites for hydroxylation is 2. The molecular formula is C18H18O3. The van der Waals surface area contributed by atoms with Crippen LogP contribution in [-0.4, -0.2) is 18.3 Å². The third-order valence-corrected chi connectivity index (χ3v) is 4.49. The summed E-state index contributed by atoms with van der Waals surface area (Å²) in [6.07, 6.45) is 1.62. The van der Waals surface area contributed by atoms with Crippen LogP contribution in [0.15, 0.2) is 36.4 Å². The maximum absolute atomic E-state index is 11.2. The van der Waals surface area contributed by atoms with Gasteiger partial charge in [0.15, 0.2) is 11.5 Å². The van der Waals surface area contributed by atoms with Crippen molar-refractivity contribution in [3.8, 4) is 11.5 Å². The summed E-state index contributed by atoms with van der Waals surface area (Å²) in [5.41, 5.74) is 3.40. The number of hydrogen-bond donors (Lipinski definition) is 1. The molecule has 1 N–H and O–H groups in total. The zero-order valence-corrected chi connectivity index (χ0v) is 12.1. The first-order valence-electron chi connectivity index (χ1n) is 7.39. The summed E-state index contributed by atoms with van der Waals surface area (Å²) < 4.78 is 11.2. The number of rotatable bonds is 1. The Morgan fingerprint density at radius 3 is 2.67 bits per heavy atom. The van der Waals surface area contributed by atoms with Gasteiger partial charge >= 0.3 is 0 Å². The van der Waals surface area contributed by atoms with Gasteiger partial charge in [-0.05, 0) is 48.6 Å². The molecule has 0 spiro atoms. The Morgan fingerprint density at radius 1 is 1.00 bits per heavy atom. The molecule has 0 bridgehead atoms. The van der Waals surface area contributed by atoms with Gasteiger partial charge in [0.05, 0.1) is 0 Å². The zero-order chi connectivity index (χ0) is 14.4. The monoisotopic (exact) mass is 282 g/mol. The van der Waals surface area contributed by atoms with Gasteiger partial charge in [-0.25, -0.2) is 0 Å². The molecule has 1 unspecified atom stereocenters. The standard InChI is InChI=1S/C18H18O3/c1-12-2-3-13-6-7-18(19,15(13)10-12)14-4-5-16-17(11-14)21-9-8-20-16/h2-5,10-11,19H,6-9H2,1H3. The first-order valence-corrected chi connectivity index (χ1v) is 7.39. The molecule has 1 heterocycles. The van der Waals surface area contributed by atoms with E-state index in [1.807, 2.05) is 18.2 Å². The Morgan fingerprint density at radius 2 is 1.81 bits per heavy atom. The van der Waals surface area contributed by atoms with Gasteiger partial charge in [0.25, 0.3) is 0 Å². The van der Waals surface area contributed by atoms with E-state index in [9.17, 15) is 5.11 Å². The van der Waals surface area contributed by atoms with E-state index in [0.29, 0.717) is 19.6 Å². The Labute approximate surface area is 124 Å². The molecule has 0 saturated heterocycles. The second-order valence-corrected chi connectivity index (χ2v) is 5.88. The van der Waals surface area contributed by atoms with Gasteiger partial charge in [0.2, 0.25) is 0 Å². The molecule has 1 atom stereocenters. The van der Waals surface area contributed by atoms with Crippen LogP contribution in [0, 0.1) is 6.92 Å². The van der Waals surface area contributed by atoms with Gasteiger partial charge in [0, 0.05) is 0 Å². The summed E-state index contributed by atoms with van der Waals surface area (Å²) in [6.45, 7) is 3.20. The molecular weight excluding hydrogens is 264 g/mol. The quantitative estimate of drug-likeness (QED) is 0.874. The van der Waals surface area contributed by atoms with E-state index >= 15 is 0 Å². The molecule has 3 nitrogen and oxygen atoms in total. The highest BCUT2D eigenvalue weighted by atomic mass is 16.6. The van der Waals surface area contributed by atoms with E-state index < -0.39 is 5.60 Å². The highest BCUT2D eigenvalue weighted by Crippen LogP contribution is 2.44. The molecule has 3 heteroatoms. The van der Waals surface area contributed by atoms with Crippen LogP contribution in [0.2, 0.25) is 0 Å². The lowest BCUT2D eigenvalue weighted by Gasteiger charge is -2.27. The summed E-state index contributed by atoms with van der Waals surface area (Å²) in [4.78, 5) is 0. The fourth-order valence-electron chi connectivity index (χ4n) is 3.34. The fraction of sp³-hybridized carbons (Fsp3) is 0.333. The summed E-state index contributed by atoms with van der Waals surface area (Å²) in [5.74, 6) is 1.49. The van der Waals surface area contributed by atoms with Crippen molar-refractivity contribution in [1.29, 1.82) is 0 Å². The highest BCUT2D eigenvalue weighted by molar-refractivity contribution is 5.51. The van der Waals surface area contributed by atoms with E-state index in [2.05, 4.69) is 25.1 Å². The molecule has 21 heavy (non-hydrogen) atoms. The van der Waals surface area contributed by atoms with Crippen molar-refractivity contribution < 1.29 is 14.6 Å². The number of benzene rings is 2. The van der Waals surface area contributed by atoms with Crippen molar-refractivity contribution >= 4 is 0 Å². The zero-order valence-electron chi connectivity index (χ0n) is 12.1. The first-order chi connectivity index (χ1) is 10.2. The van der Waals surface area contributed by atoms with Crippen LogP contribution in [0.4, 0.5) is 0 Å².